The van der Waals surface area contributed by atoms with E-state index in [1.807, 2.05) is 30.5 Å². The highest BCUT2D eigenvalue weighted by Gasteiger charge is 2.24. The third-order valence-corrected chi connectivity index (χ3v) is 4.81. The molecule has 0 amide bonds. The number of nitrogens with one attached hydrogen (secondary N) is 1. The van der Waals surface area contributed by atoms with Crippen LogP contribution < -0.4 is 10.9 Å². The maximum atomic E-state index is 11.9. The van der Waals surface area contributed by atoms with E-state index in [1.54, 1.807) is 23.0 Å². The van der Waals surface area contributed by atoms with Crippen LogP contribution in [0.3, 0.4) is 0 Å². The second-order valence-electron chi connectivity index (χ2n) is 6.79. The minimum atomic E-state index is -0.0163. The molecule has 0 radical (unpaired) electrons. The fraction of sp³-hybridized carbons (Fsp3) is 0.444. The molecule has 0 bridgehead atoms. The molecule has 0 unspecified atom stereocenters. The lowest BCUT2D eigenvalue weighted by Gasteiger charge is -2.30. The number of fused-ring (bicyclic) bond motifs is 1. The Kier molecular flexibility index (Phi) is 3.99. The van der Waals surface area contributed by atoms with Crippen LogP contribution in [0.4, 0.5) is 5.82 Å². The average molecular weight is 338 g/mol. The summed E-state index contributed by atoms with van der Waals surface area (Å²) in [5, 5.41) is 12.4. The van der Waals surface area contributed by atoms with Gasteiger partial charge < -0.3 is 5.32 Å². The molecule has 3 aromatic rings. The second kappa shape index (κ2) is 6.31. The van der Waals surface area contributed by atoms with Crippen molar-refractivity contribution >= 4 is 11.5 Å². The summed E-state index contributed by atoms with van der Waals surface area (Å²) < 4.78 is 3.50. The van der Waals surface area contributed by atoms with E-state index in [0.717, 1.165) is 48.5 Å². The first-order chi connectivity index (χ1) is 12.1. The molecule has 1 fully saturated rings. The largest absolute Gasteiger partial charge is 0.367 e. The molecule has 1 saturated carbocycles. The summed E-state index contributed by atoms with van der Waals surface area (Å²) in [6.45, 7) is 3.97. The maximum absolute atomic E-state index is 11.9. The SMILES string of the molecule is Cc1cc(NC2CCC(n3ncccc3=O)CC2)n2nc(C)cc2n1. The van der Waals surface area contributed by atoms with Crippen LogP contribution in [0.2, 0.25) is 0 Å². The van der Waals surface area contributed by atoms with Gasteiger partial charge in [-0.3, -0.25) is 4.79 Å². The quantitative estimate of drug-likeness (QED) is 0.794. The lowest BCUT2D eigenvalue weighted by Crippen LogP contribution is -2.33. The van der Waals surface area contributed by atoms with E-state index in [-0.39, 0.29) is 11.6 Å². The van der Waals surface area contributed by atoms with Gasteiger partial charge in [0, 0.05) is 36.1 Å². The summed E-state index contributed by atoms with van der Waals surface area (Å²) in [6, 6.07) is 7.85. The standard InChI is InChI=1S/C18H22N6O/c1-12-10-17(24-16(20-12)11-13(2)22-24)21-14-5-7-15(8-6-14)23-18(25)4-3-9-19-23/h3-4,9-11,14-15,21H,5-8H2,1-2H3. The van der Waals surface area contributed by atoms with Crippen molar-refractivity contribution in [2.45, 2.75) is 51.6 Å². The van der Waals surface area contributed by atoms with Crippen LogP contribution in [0.5, 0.6) is 0 Å². The van der Waals surface area contributed by atoms with Crippen LogP contribution in [0.1, 0.15) is 43.1 Å². The smallest absolute Gasteiger partial charge is 0.266 e. The topological polar surface area (TPSA) is 77.1 Å². The molecule has 0 saturated heterocycles. The van der Waals surface area contributed by atoms with Crippen molar-refractivity contribution < 1.29 is 0 Å². The molecule has 0 spiro atoms. The molecule has 3 heterocycles. The van der Waals surface area contributed by atoms with E-state index in [2.05, 4.69) is 20.5 Å². The first-order valence-electron chi connectivity index (χ1n) is 8.74. The van der Waals surface area contributed by atoms with Gasteiger partial charge in [-0.2, -0.15) is 14.7 Å². The molecule has 0 atom stereocenters. The van der Waals surface area contributed by atoms with Gasteiger partial charge in [-0.05, 0) is 45.6 Å². The third-order valence-electron chi connectivity index (χ3n) is 4.81. The Labute approximate surface area is 145 Å². The highest BCUT2D eigenvalue weighted by atomic mass is 16.1. The summed E-state index contributed by atoms with van der Waals surface area (Å²) in [5.74, 6) is 0.981. The van der Waals surface area contributed by atoms with Gasteiger partial charge in [-0.25, -0.2) is 9.67 Å². The zero-order valence-corrected chi connectivity index (χ0v) is 14.5. The minimum Gasteiger partial charge on any atom is -0.367 e. The Hall–Kier alpha value is -2.70. The number of rotatable bonds is 3. The highest BCUT2D eigenvalue weighted by Crippen LogP contribution is 2.29. The van der Waals surface area contributed by atoms with E-state index < -0.39 is 0 Å². The van der Waals surface area contributed by atoms with Gasteiger partial charge in [-0.15, -0.1) is 0 Å². The average Bonchev–Trinajstić information content (AvgIpc) is 2.96. The number of aromatic nitrogens is 5. The van der Waals surface area contributed by atoms with Crippen LogP contribution in [0, 0.1) is 13.8 Å². The Balaban J connectivity index is 1.49. The molecular formula is C18H22N6O. The first-order valence-corrected chi connectivity index (χ1v) is 8.74. The molecule has 1 aliphatic carbocycles. The normalized spacial score (nSPS) is 20.7. The van der Waals surface area contributed by atoms with E-state index in [0.29, 0.717) is 6.04 Å². The maximum Gasteiger partial charge on any atom is 0.266 e. The Morgan fingerprint density at radius 3 is 2.68 bits per heavy atom. The van der Waals surface area contributed by atoms with E-state index in [9.17, 15) is 4.79 Å². The lowest BCUT2D eigenvalue weighted by molar-refractivity contribution is 0.303. The van der Waals surface area contributed by atoms with Crippen molar-refractivity contribution in [3.05, 3.63) is 52.2 Å². The minimum absolute atomic E-state index is 0.0163. The van der Waals surface area contributed by atoms with Gasteiger partial charge in [0.1, 0.15) is 5.82 Å². The molecule has 1 N–H and O–H groups in total. The van der Waals surface area contributed by atoms with Gasteiger partial charge in [0.2, 0.25) is 0 Å². The zero-order valence-electron chi connectivity index (χ0n) is 14.5. The number of anilines is 1. The Morgan fingerprint density at radius 2 is 1.92 bits per heavy atom. The molecule has 130 valence electrons. The van der Waals surface area contributed by atoms with Gasteiger partial charge in [0.25, 0.3) is 5.56 Å². The van der Waals surface area contributed by atoms with Crippen molar-refractivity contribution in [2.24, 2.45) is 0 Å². The van der Waals surface area contributed by atoms with Crippen LogP contribution in [0.25, 0.3) is 5.65 Å². The molecule has 0 aliphatic heterocycles. The first kappa shape index (κ1) is 15.8. The van der Waals surface area contributed by atoms with Gasteiger partial charge in [-0.1, -0.05) is 0 Å². The van der Waals surface area contributed by atoms with Crippen molar-refractivity contribution in [3.63, 3.8) is 0 Å². The summed E-state index contributed by atoms with van der Waals surface area (Å²) in [7, 11) is 0. The van der Waals surface area contributed by atoms with E-state index in [4.69, 9.17) is 0 Å². The monoisotopic (exact) mass is 338 g/mol. The number of hydrogen-bond acceptors (Lipinski definition) is 5. The van der Waals surface area contributed by atoms with Gasteiger partial charge in [0.15, 0.2) is 5.65 Å². The predicted octanol–water partition coefficient (Wildman–Crippen LogP) is 2.50. The lowest BCUT2D eigenvalue weighted by atomic mass is 9.91. The summed E-state index contributed by atoms with van der Waals surface area (Å²) in [6.07, 6.45) is 5.57. The van der Waals surface area contributed by atoms with Crippen LogP contribution >= 0.6 is 0 Å². The molecule has 3 aromatic heterocycles. The van der Waals surface area contributed by atoms with E-state index in [1.165, 1.54) is 0 Å². The Bertz CT molecular complexity index is 952. The number of nitrogens with zero attached hydrogens (tertiary/aromatic N) is 5. The molecule has 7 nitrogen and oxygen atoms in total. The van der Waals surface area contributed by atoms with Crippen molar-refractivity contribution in [1.82, 2.24) is 24.4 Å². The van der Waals surface area contributed by atoms with Crippen LogP contribution in [-0.4, -0.2) is 30.4 Å². The summed E-state index contributed by atoms with van der Waals surface area (Å²) >= 11 is 0. The van der Waals surface area contributed by atoms with Gasteiger partial charge >= 0.3 is 0 Å². The molecule has 25 heavy (non-hydrogen) atoms. The second-order valence-corrected chi connectivity index (χ2v) is 6.79. The number of aryl methyl sites for hydroxylation is 2. The van der Waals surface area contributed by atoms with E-state index >= 15 is 0 Å². The van der Waals surface area contributed by atoms with Crippen LogP contribution in [0.15, 0.2) is 35.3 Å². The third kappa shape index (κ3) is 3.14. The fourth-order valence-corrected chi connectivity index (χ4v) is 3.63. The molecule has 4 rings (SSSR count). The zero-order chi connectivity index (χ0) is 17.4. The molecule has 1 aliphatic rings. The van der Waals surface area contributed by atoms with Crippen molar-refractivity contribution in [3.8, 4) is 0 Å². The summed E-state index contributed by atoms with van der Waals surface area (Å²) in [5.41, 5.74) is 2.79. The van der Waals surface area contributed by atoms with Crippen molar-refractivity contribution in [1.29, 1.82) is 0 Å². The van der Waals surface area contributed by atoms with Crippen molar-refractivity contribution in [2.75, 3.05) is 5.32 Å². The molecular weight excluding hydrogens is 316 g/mol. The number of hydrogen-bond donors (Lipinski definition) is 1. The Morgan fingerprint density at radius 1 is 1.12 bits per heavy atom. The fourth-order valence-electron chi connectivity index (χ4n) is 3.63. The molecule has 7 heteroatoms. The summed E-state index contributed by atoms with van der Waals surface area (Å²) in [4.78, 5) is 16.5. The molecule has 0 aromatic carbocycles. The predicted molar refractivity (Wildman–Crippen MR) is 95.9 cm³/mol. The van der Waals surface area contributed by atoms with Crippen LogP contribution in [-0.2, 0) is 0 Å². The highest BCUT2D eigenvalue weighted by molar-refractivity contribution is 5.50. The van der Waals surface area contributed by atoms with Gasteiger partial charge in [0.05, 0.1) is 11.7 Å².